The first-order valence-electron chi connectivity index (χ1n) is 10.5. The van der Waals surface area contributed by atoms with Crippen LogP contribution in [0, 0.1) is 5.92 Å². The van der Waals surface area contributed by atoms with Gasteiger partial charge in [-0.05, 0) is 37.4 Å². The topological polar surface area (TPSA) is 62.8 Å². The highest BCUT2D eigenvalue weighted by molar-refractivity contribution is 5.88. The number of para-hydroxylation sites is 1. The molecule has 0 saturated carbocycles. The highest BCUT2D eigenvalue weighted by Crippen LogP contribution is 2.24. The van der Waals surface area contributed by atoms with Crippen molar-refractivity contribution >= 4 is 16.8 Å². The average Bonchev–Trinajstić information content (AvgIpc) is 3.13. The number of H-pyrrole nitrogens is 1. The van der Waals surface area contributed by atoms with Crippen molar-refractivity contribution in [2.75, 3.05) is 52.9 Å². The number of benzene rings is 1. The Bertz CT molecular complexity index is 789. The number of nitrogens with one attached hydrogen (secondary N) is 1. The van der Waals surface area contributed by atoms with Crippen LogP contribution in [0.5, 0.6) is 0 Å². The van der Waals surface area contributed by atoms with Crippen molar-refractivity contribution in [3.63, 3.8) is 0 Å². The highest BCUT2D eigenvalue weighted by atomic mass is 16.3. The number of rotatable bonds is 5. The molecule has 6 heteroatoms. The number of aromatic amines is 1. The number of aromatic nitrogens is 1. The Labute approximate surface area is 167 Å². The Morgan fingerprint density at radius 1 is 1.14 bits per heavy atom. The number of piperazine rings is 1. The Morgan fingerprint density at radius 3 is 2.61 bits per heavy atom. The Morgan fingerprint density at radius 2 is 1.86 bits per heavy atom. The summed E-state index contributed by atoms with van der Waals surface area (Å²) in [6.45, 7) is 6.51. The number of carbonyl (C=O) groups is 1. The molecule has 2 aliphatic heterocycles. The van der Waals surface area contributed by atoms with Gasteiger partial charge < -0.3 is 19.9 Å². The lowest BCUT2D eigenvalue weighted by Crippen LogP contribution is -2.49. The first kappa shape index (κ1) is 19.4. The molecule has 2 aromatic rings. The van der Waals surface area contributed by atoms with Crippen LogP contribution in [0.2, 0.25) is 0 Å². The fourth-order valence-electron chi connectivity index (χ4n) is 4.53. The van der Waals surface area contributed by atoms with Gasteiger partial charge in [0, 0.05) is 62.9 Å². The Balaban J connectivity index is 1.26. The summed E-state index contributed by atoms with van der Waals surface area (Å²) in [6, 6.07) is 8.12. The van der Waals surface area contributed by atoms with E-state index in [4.69, 9.17) is 0 Å². The van der Waals surface area contributed by atoms with Crippen LogP contribution in [0.25, 0.3) is 10.9 Å². The van der Waals surface area contributed by atoms with Crippen molar-refractivity contribution in [1.82, 2.24) is 19.7 Å². The lowest BCUT2D eigenvalue weighted by molar-refractivity contribution is -0.132. The van der Waals surface area contributed by atoms with Crippen molar-refractivity contribution in [3.8, 4) is 0 Å². The molecule has 1 aromatic carbocycles. The summed E-state index contributed by atoms with van der Waals surface area (Å²) >= 11 is 0. The van der Waals surface area contributed by atoms with Crippen LogP contribution >= 0.6 is 0 Å². The van der Waals surface area contributed by atoms with Gasteiger partial charge in [0.2, 0.25) is 5.91 Å². The molecule has 1 aromatic heterocycles. The minimum Gasteiger partial charge on any atom is -0.392 e. The average molecular weight is 385 g/mol. The highest BCUT2D eigenvalue weighted by Gasteiger charge is 2.29. The van der Waals surface area contributed by atoms with Gasteiger partial charge in [-0.3, -0.25) is 9.69 Å². The summed E-state index contributed by atoms with van der Waals surface area (Å²) < 4.78 is 0. The molecule has 4 rings (SSSR count). The molecule has 1 amide bonds. The maximum Gasteiger partial charge on any atom is 0.227 e. The molecule has 2 fully saturated rings. The predicted molar refractivity (Wildman–Crippen MR) is 111 cm³/mol. The standard InChI is InChI=1S/C22H32N4O2/c1-24-10-12-25(13-11-24)16-21(27)17-6-8-26(9-7-17)22(28)14-18-15-23-20-5-3-2-4-19(18)20/h2-5,15,17,21,23,27H,6-14,16H2,1H3. The maximum atomic E-state index is 12.8. The molecule has 2 aliphatic rings. The van der Waals surface area contributed by atoms with E-state index >= 15 is 0 Å². The zero-order valence-electron chi connectivity index (χ0n) is 16.8. The first-order valence-corrected chi connectivity index (χ1v) is 10.5. The minimum absolute atomic E-state index is 0.191. The summed E-state index contributed by atoms with van der Waals surface area (Å²) in [6.07, 6.45) is 3.91. The molecule has 1 atom stereocenters. The van der Waals surface area contributed by atoms with Gasteiger partial charge in [-0.2, -0.15) is 0 Å². The van der Waals surface area contributed by atoms with E-state index in [1.807, 2.05) is 29.3 Å². The molecule has 3 heterocycles. The second-order valence-corrected chi connectivity index (χ2v) is 8.43. The molecular weight excluding hydrogens is 352 g/mol. The quantitative estimate of drug-likeness (QED) is 0.821. The summed E-state index contributed by atoms with van der Waals surface area (Å²) in [5, 5.41) is 11.8. The van der Waals surface area contributed by atoms with E-state index in [1.54, 1.807) is 0 Å². The fourth-order valence-corrected chi connectivity index (χ4v) is 4.53. The largest absolute Gasteiger partial charge is 0.392 e. The van der Waals surface area contributed by atoms with Crippen LogP contribution in [0.3, 0.4) is 0 Å². The van der Waals surface area contributed by atoms with Crippen molar-refractivity contribution in [1.29, 1.82) is 0 Å². The number of aliphatic hydroxyl groups is 1. The first-order chi connectivity index (χ1) is 13.6. The zero-order valence-corrected chi connectivity index (χ0v) is 16.8. The number of fused-ring (bicyclic) bond motifs is 1. The van der Waals surface area contributed by atoms with Crippen LogP contribution in [-0.2, 0) is 11.2 Å². The van der Waals surface area contributed by atoms with Crippen molar-refractivity contribution < 1.29 is 9.90 Å². The van der Waals surface area contributed by atoms with E-state index in [-0.39, 0.29) is 12.0 Å². The second-order valence-electron chi connectivity index (χ2n) is 8.43. The number of likely N-dealkylation sites (N-methyl/N-ethyl adjacent to an activating group) is 1. The van der Waals surface area contributed by atoms with Gasteiger partial charge in [-0.25, -0.2) is 0 Å². The van der Waals surface area contributed by atoms with Gasteiger partial charge in [-0.1, -0.05) is 18.2 Å². The third kappa shape index (κ3) is 4.40. The molecule has 2 N–H and O–H groups in total. The fraction of sp³-hybridized carbons (Fsp3) is 0.591. The number of β-amino-alcohol motifs (C(OH)–C–C–N with tert-alkyl or cyclic N) is 1. The van der Waals surface area contributed by atoms with Gasteiger partial charge in [-0.15, -0.1) is 0 Å². The van der Waals surface area contributed by atoms with Gasteiger partial charge >= 0.3 is 0 Å². The van der Waals surface area contributed by atoms with E-state index in [0.29, 0.717) is 12.3 Å². The molecule has 1 unspecified atom stereocenters. The summed E-state index contributed by atoms with van der Waals surface area (Å²) in [5.41, 5.74) is 2.15. The summed E-state index contributed by atoms with van der Waals surface area (Å²) in [5.74, 6) is 0.494. The van der Waals surface area contributed by atoms with E-state index in [1.165, 1.54) is 0 Å². The van der Waals surface area contributed by atoms with E-state index in [0.717, 1.165) is 75.1 Å². The molecule has 152 valence electrons. The molecule has 0 aliphatic carbocycles. The maximum absolute atomic E-state index is 12.8. The zero-order chi connectivity index (χ0) is 19.5. The predicted octanol–water partition coefficient (Wildman–Crippen LogP) is 1.56. The van der Waals surface area contributed by atoms with Crippen LogP contribution in [0.1, 0.15) is 18.4 Å². The van der Waals surface area contributed by atoms with Crippen LogP contribution in [0.4, 0.5) is 0 Å². The number of hydrogen-bond donors (Lipinski definition) is 2. The second kappa shape index (κ2) is 8.64. The van der Waals surface area contributed by atoms with Gasteiger partial charge in [0.25, 0.3) is 0 Å². The van der Waals surface area contributed by atoms with Gasteiger partial charge in [0.15, 0.2) is 0 Å². The molecule has 0 radical (unpaired) electrons. The number of amides is 1. The normalized spacial score (nSPS) is 21.3. The van der Waals surface area contributed by atoms with Gasteiger partial charge in [0.1, 0.15) is 0 Å². The third-order valence-electron chi connectivity index (χ3n) is 6.49. The van der Waals surface area contributed by atoms with Gasteiger partial charge in [0.05, 0.1) is 12.5 Å². The van der Waals surface area contributed by atoms with Crippen molar-refractivity contribution in [2.24, 2.45) is 5.92 Å². The van der Waals surface area contributed by atoms with E-state index in [2.05, 4.69) is 27.9 Å². The molecule has 28 heavy (non-hydrogen) atoms. The number of nitrogens with zero attached hydrogens (tertiary/aromatic N) is 3. The van der Waals surface area contributed by atoms with Crippen molar-refractivity contribution in [3.05, 3.63) is 36.0 Å². The van der Waals surface area contributed by atoms with Crippen LogP contribution in [-0.4, -0.2) is 89.7 Å². The third-order valence-corrected chi connectivity index (χ3v) is 6.49. The molecule has 2 saturated heterocycles. The van der Waals surface area contributed by atoms with Crippen LogP contribution in [0.15, 0.2) is 30.5 Å². The number of aliphatic hydroxyl groups excluding tert-OH is 1. The molecule has 0 bridgehead atoms. The van der Waals surface area contributed by atoms with Crippen molar-refractivity contribution in [2.45, 2.75) is 25.4 Å². The monoisotopic (exact) mass is 384 g/mol. The van der Waals surface area contributed by atoms with Crippen LogP contribution < -0.4 is 0 Å². The molecule has 0 spiro atoms. The molecule has 6 nitrogen and oxygen atoms in total. The SMILES string of the molecule is CN1CCN(CC(O)C2CCN(C(=O)Cc3c[nH]c4ccccc34)CC2)CC1. The number of carbonyl (C=O) groups excluding carboxylic acids is 1. The lowest BCUT2D eigenvalue weighted by atomic mass is 9.90. The molecular formula is C22H32N4O2. The Hall–Kier alpha value is -1.89. The smallest absolute Gasteiger partial charge is 0.227 e. The lowest BCUT2D eigenvalue weighted by Gasteiger charge is -2.38. The number of likely N-dealkylation sites (tertiary alicyclic amines) is 1. The van der Waals surface area contributed by atoms with E-state index in [9.17, 15) is 9.90 Å². The van der Waals surface area contributed by atoms with E-state index < -0.39 is 0 Å². The number of hydrogen-bond acceptors (Lipinski definition) is 4. The summed E-state index contributed by atoms with van der Waals surface area (Å²) in [7, 11) is 2.15. The number of piperidine rings is 1. The minimum atomic E-state index is -0.283. The summed E-state index contributed by atoms with van der Waals surface area (Å²) in [4.78, 5) is 22.7. The Kier molecular flexibility index (Phi) is 5.99.